The number of rotatable bonds is 3. The lowest BCUT2D eigenvalue weighted by Gasteiger charge is -2.18. The lowest BCUT2D eigenvalue weighted by Crippen LogP contribution is -2.21. The number of ether oxygens (including phenoxy) is 1. The molecule has 4 heteroatoms. The van der Waals surface area contributed by atoms with E-state index in [2.05, 4.69) is 0 Å². The summed E-state index contributed by atoms with van der Waals surface area (Å²) in [7, 11) is 5.49. The molecule has 1 aliphatic rings. The first-order valence-electron chi connectivity index (χ1n) is 7.49. The van der Waals surface area contributed by atoms with Crippen LogP contribution in [0.25, 0.3) is 5.57 Å². The molecule has 1 heterocycles. The Hall–Kier alpha value is -2.75. The second-order valence-corrected chi connectivity index (χ2v) is 5.82. The van der Waals surface area contributed by atoms with E-state index in [9.17, 15) is 4.79 Å². The summed E-state index contributed by atoms with van der Waals surface area (Å²) in [4.78, 5) is 16.6. The Morgan fingerprint density at radius 3 is 2.52 bits per heavy atom. The Morgan fingerprint density at radius 1 is 1.13 bits per heavy atom. The van der Waals surface area contributed by atoms with Gasteiger partial charge in [-0.15, -0.1) is 0 Å². The van der Waals surface area contributed by atoms with Crippen LogP contribution >= 0.6 is 0 Å². The van der Waals surface area contributed by atoms with Crippen LogP contribution in [0.1, 0.15) is 11.1 Å². The van der Waals surface area contributed by atoms with Crippen molar-refractivity contribution in [1.29, 1.82) is 0 Å². The van der Waals surface area contributed by atoms with Crippen LogP contribution in [0, 0.1) is 6.92 Å². The highest BCUT2D eigenvalue weighted by molar-refractivity contribution is 6.34. The smallest absolute Gasteiger partial charge is 0.265 e. The standard InChI is InChI=1S/C19H20N2O2/c1-13-11-14(9-10-18(13)23-4)21-17-8-6-5-7-15(17)16(19(21)22)12-20(2)3/h5-12H,1-4H3. The van der Waals surface area contributed by atoms with Gasteiger partial charge in [0.05, 0.1) is 18.4 Å². The summed E-state index contributed by atoms with van der Waals surface area (Å²) in [6.07, 6.45) is 1.87. The number of carbonyl (C=O) groups is 1. The summed E-state index contributed by atoms with van der Waals surface area (Å²) >= 11 is 0. The molecule has 2 aromatic carbocycles. The van der Waals surface area contributed by atoms with Crippen molar-refractivity contribution in [3.8, 4) is 5.75 Å². The molecule has 0 fully saturated rings. The zero-order chi connectivity index (χ0) is 16.6. The van der Waals surface area contributed by atoms with Crippen molar-refractivity contribution in [3.63, 3.8) is 0 Å². The van der Waals surface area contributed by atoms with Crippen molar-refractivity contribution in [1.82, 2.24) is 4.90 Å². The van der Waals surface area contributed by atoms with Crippen LogP contribution in [0.3, 0.4) is 0 Å². The monoisotopic (exact) mass is 308 g/mol. The molecule has 0 aliphatic carbocycles. The Balaban J connectivity index is 2.14. The molecule has 0 N–H and O–H groups in total. The van der Waals surface area contributed by atoms with E-state index in [1.165, 1.54) is 0 Å². The van der Waals surface area contributed by atoms with Crippen molar-refractivity contribution >= 4 is 22.9 Å². The number of hydrogen-bond acceptors (Lipinski definition) is 3. The highest BCUT2D eigenvalue weighted by Crippen LogP contribution is 2.42. The summed E-state index contributed by atoms with van der Waals surface area (Å²) < 4.78 is 5.31. The lowest BCUT2D eigenvalue weighted by atomic mass is 10.1. The quantitative estimate of drug-likeness (QED) is 0.812. The minimum Gasteiger partial charge on any atom is -0.496 e. The van der Waals surface area contributed by atoms with Crippen molar-refractivity contribution in [2.45, 2.75) is 6.92 Å². The van der Waals surface area contributed by atoms with Gasteiger partial charge >= 0.3 is 0 Å². The normalized spacial score (nSPS) is 15.0. The van der Waals surface area contributed by atoms with Crippen molar-refractivity contribution in [2.75, 3.05) is 26.1 Å². The minimum absolute atomic E-state index is 0.00975. The minimum atomic E-state index is -0.00975. The average Bonchev–Trinajstić information content (AvgIpc) is 2.79. The molecule has 0 aromatic heterocycles. The molecule has 3 rings (SSSR count). The second kappa shape index (κ2) is 5.80. The summed E-state index contributed by atoms with van der Waals surface area (Å²) in [5.74, 6) is 0.808. The number of fused-ring (bicyclic) bond motifs is 1. The maximum Gasteiger partial charge on any atom is 0.265 e. The third kappa shape index (κ3) is 2.57. The van der Waals surface area contributed by atoms with Crippen molar-refractivity contribution in [2.24, 2.45) is 0 Å². The van der Waals surface area contributed by atoms with Crippen LogP contribution in [0.4, 0.5) is 11.4 Å². The van der Waals surface area contributed by atoms with Gasteiger partial charge in [-0.2, -0.15) is 0 Å². The number of anilines is 2. The van der Waals surface area contributed by atoms with Crippen molar-refractivity contribution < 1.29 is 9.53 Å². The molecule has 0 saturated carbocycles. The highest BCUT2D eigenvalue weighted by atomic mass is 16.5. The Bertz CT molecular complexity index is 794. The fourth-order valence-corrected chi connectivity index (χ4v) is 2.88. The first kappa shape index (κ1) is 15.2. The maximum atomic E-state index is 13.0. The molecule has 4 nitrogen and oxygen atoms in total. The number of amides is 1. The maximum absolute atomic E-state index is 13.0. The van der Waals surface area contributed by atoms with Gasteiger partial charge in [0.15, 0.2) is 0 Å². The van der Waals surface area contributed by atoms with E-state index in [0.717, 1.165) is 28.3 Å². The van der Waals surface area contributed by atoms with E-state index >= 15 is 0 Å². The van der Waals surface area contributed by atoms with Crippen molar-refractivity contribution in [3.05, 3.63) is 59.8 Å². The molecule has 0 bridgehead atoms. The van der Waals surface area contributed by atoms with Crippen LogP contribution in [0.5, 0.6) is 5.75 Å². The summed E-state index contributed by atoms with van der Waals surface area (Å²) in [5.41, 5.74) is 4.43. The van der Waals surface area contributed by atoms with Gasteiger partial charge in [-0.1, -0.05) is 18.2 Å². The first-order chi connectivity index (χ1) is 11.0. The molecule has 0 radical (unpaired) electrons. The zero-order valence-corrected chi connectivity index (χ0v) is 13.8. The third-order valence-electron chi connectivity index (χ3n) is 3.89. The molecule has 1 amide bonds. The molecule has 0 saturated heterocycles. The molecular weight excluding hydrogens is 288 g/mol. The zero-order valence-electron chi connectivity index (χ0n) is 13.8. The van der Waals surface area contributed by atoms with Crippen LogP contribution in [0.2, 0.25) is 0 Å². The van der Waals surface area contributed by atoms with Crippen LogP contribution in [-0.2, 0) is 4.79 Å². The molecule has 23 heavy (non-hydrogen) atoms. The van der Waals surface area contributed by atoms with Gasteiger partial charge in [-0.05, 0) is 36.8 Å². The molecule has 0 unspecified atom stereocenters. The van der Waals surface area contributed by atoms with E-state index in [0.29, 0.717) is 5.57 Å². The van der Waals surface area contributed by atoms with Gasteiger partial charge < -0.3 is 9.64 Å². The van der Waals surface area contributed by atoms with E-state index < -0.39 is 0 Å². The molecule has 0 atom stereocenters. The van der Waals surface area contributed by atoms with E-state index in [-0.39, 0.29) is 5.91 Å². The molecule has 118 valence electrons. The van der Waals surface area contributed by atoms with Gasteiger partial charge in [-0.3, -0.25) is 9.69 Å². The van der Waals surface area contributed by atoms with Gasteiger partial charge in [0.2, 0.25) is 0 Å². The number of hydrogen-bond donors (Lipinski definition) is 0. The predicted molar refractivity (Wildman–Crippen MR) is 93.0 cm³/mol. The highest BCUT2D eigenvalue weighted by Gasteiger charge is 2.33. The topological polar surface area (TPSA) is 32.8 Å². The average molecular weight is 308 g/mol. The van der Waals surface area contributed by atoms with Gasteiger partial charge in [0, 0.05) is 31.5 Å². The Labute approximate surface area is 136 Å². The van der Waals surface area contributed by atoms with E-state index in [1.54, 1.807) is 12.0 Å². The van der Waals surface area contributed by atoms with Crippen LogP contribution in [-0.4, -0.2) is 32.0 Å². The summed E-state index contributed by atoms with van der Waals surface area (Å²) in [6.45, 7) is 1.98. The molecule has 1 aliphatic heterocycles. The fourth-order valence-electron chi connectivity index (χ4n) is 2.88. The predicted octanol–water partition coefficient (Wildman–Crippen LogP) is 3.58. The molecule has 0 spiro atoms. The fraction of sp³-hybridized carbons (Fsp3) is 0.211. The molecule has 2 aromatic rings. The number of carbonyl (C=O) groups excluding carboxylic acids is 1. The number of aryl methyl sites for hydroxylation is 1. The number of para-hydroxylation sites is 1. The number of methoxy groups -OCH3 is 1. The third-order valence-corrected chi connectivity index (χ3v) is 3.89. The van der Waals surface area contributed by atoms with Crippen LogP contribution in [0.15, 0.2) is 48.7 Å². The largest absolute Gasteiger partial charge is 0.496 e. The van der Waals surface area contributed by atoms with Gasteiger partial charge in [0.1, 0.15) is 5.75 Å². The Morgan fingerprint density at radius 2 is 1.87 bits per heavy atom. The summed E-state index contributed by atoms with van der Waals surface area (Å²) in [5, 5.41) is 0. The molecular formula is C19H20N2O2. The SMILES string of the molecule is COc1ccc(N2C(=O)C(=CN(C)C)c3ccccc32)cc1C. The second-order valence-electron chi connectivity index (χ2n) is 5.82. The van der Waals surface area contributed by atoms with Crippen LogP contribution < -0.4 is 9.64 Å². The van der Waals surface area contributed by atoms with E-state index in [1.807, 2.05) is 74.6 Å². The first-order valence-corrected chi connectivity index (χ1v) is 7.49. The van der Waals surface area contributed by atoms with Gasteiger partial charge in [-0.25, -0.2) is 0 Å². The Kier molecular flexibility index (Phi) is 3.82. The lowest BCUT2D eigenvalue weighted by molar-refractivity contribution is -0.112. The number of benzene rings is 2. The van der Waals surface area contributed by atoms with Gasteiger partial charge in [0.25, 0.3) is 5.91 Å². The van der Waals surface area contributed by atoms with E-state index in [4.69, 9.17) is 4.74 Å². The summed E-state index contributed by atoms with van der Waals surface area (Å²) in [6, 6.07) is 13.7. The number of nitrogens with zero attached hydrogens (tertiary/aromatic N) is 2.